The molecule has 22 heteroatoms. The summed E-state index contributed by atoms with van der Waals surface area (Å²) in [5, 5.41) is 17.7. The fraction of sp³-hybridized carbons (Fsp3) is 0.773. The van der Waals surface area contributed by atoms with Gasteiger partial charge >= 0.3 is 6.03 Å². The molecule has 13 atom stereocenters. The Kier molecular flexibility index (Phi) is 33.3. The van der Waals surface area contributed by atoms with Gasteiger partial charge < -0.3 is 66.7 Å². The van der Waals surface area contributed by atoms with Crippen molar-refractivity contribution in [2.45, 2.75) is 221 Å². The standard InChI is InChI=1S/C66H115N11O11/c1-18-43(8)61(75(15)65(85)59(41(4)5)71-46(11)60(42(6)7)74(13)14)54(87-16)38-57(82)77-34-20-23-51(77)62(88-17)45(10)52(78)29-30-55(80)70-39-47-25-27-50(28-26-47)72-64(84)48(22-19-32-69-66(67)86)37-53(79)58(40(2)3)73-56(81)24-21-33-76-35-31-49(36-44(76)9)63(83)68-12/h25-28,40-46,48-49,51,54,58-62,71H,18-24,29-39H2,1-17H3,(H,68,83)(H,70,80)(H,72,84)(H,73,81)(H3,67,69,86)/t43-,44?,45-,46?,48+,49?,51-,54+,58-,59-,60-,61-,62+/m0/s1. The number of ether oxygens (including phenoxy) is 2. The highest BCUT2D eigenvalue weighted by Gasteiger charge is 2.43. The summed E-state index contributed by atoms with van der Waals surface area (Å²) in [5.41, 5.74) is 6.48. The summed E-state index contributed by atoms with van der Waals surface area (Å²) < 4.78 is 12.1. The molecule has 0 aliphatic carbocycles. The van der Waals surface area contributed by atoms with Crippen molar-refractivity contribution in [3.8, 4) is 0 Å². The Morgan fingerprint density at radius 2 is 1.41 bits per heavy atom. The summed E-state index contributed by atoms with van der Waals surface area (Å²) in [6, 6.07) is 4.58. The van der Waals surface area contributed by atoms with E-state index in [0.29, 0.717) is 44.0 Å². The highest BCUT2D eigenvalue weighted by atomic mass is 16.5. The smallest absolute Gasteiger partial charge is 0.312 e. The third kappa shape index (κ3) is 23.7. The summed E-state index contributed by atoms with van der Waals surface area (Å²) in [6.07, 6.45) is 3.67. The summed E-state index contributed by atoms with van der Waals surface area (Å²) >= 11 is 0. The van der Waals surface area contributed by atoms with E-state index in [9.17, 15) is 43.2 Å². The van der Waals surface area contributed by atoms with Crippen LogP contribution >= 0.6 is 0 Å². The highest BCUT2D eigenvalue weighted by Crippen LogP contribution is 2.31. The molecular formula is C66H115N11O11. The molecule has 8 N–H and O–H groups in total. The zero-order valence-electron chi connectivity index (χ0n) is 56.6. The summed E-state index contributed by atoms with van der Waals surface area (Å²) in [7, 11) is 10.7. The number of carbonyl (C=O) groups excluding carboxylic acids is 9. The molecule has 2 heterocycles. The summed E-state index contributed by atoms with van der Waals surface area (Å²) in [4.78, 5) is 129. The lowest BCUT2D eigenvalue weighted by Gasteiger charge is -2.42. The van der Waals surface area contributed by atoms with Crippen LogP contribution in [0.5, 0.6) is 0 Å². The number of anilines is 1. The molecule has 2 aliphatic rings. The third-order valence-corrected chi connectivity index (χ3v) is 18.5. The number of primary amides is 1. The molecule has 2 saturated heterocycles. The minimum absolute atomic E-state index is 0.00196. The SMILES string of the molecule is CC[C@H](C)[C@@H]([C@@H](CC(=O)N1CCC[C@H]1[C@H](OC)[C@@H](C)C(=O)CCC(=O)NCc1ccc(NC(=O)[C@H](CCCNC(N)=O)CC(=O)[C@@H](NC(=O)CCCN2CCC(C(=O)NC)CC2C)C(C)C)cc1)OC)N(C)C(=O)[C@@H](NC(C)[C@H](C(C)C)N(C)C)C(C)C. The van der Waals surface area contributed by atoms with Gasteiger partial charge in [0.25, 0.3) is 0 Å². The Hall–Kier alpha value is -5.55. The van der Waals surface area contributed by atoms with E-state index < -0.39 is 54.1 Å². The van der Waals surface area contributed by atoms with E-state index in [4.69, 9.17) is 15.2 Å². The van der Waals surface area contributed by atoms with Crippen LogP contribution in [0.1, 0.15) is 165 Å². The van der Waals surface area contributed by atoms with Crippen LogP contribution in [-0.4, -0.2) is 196 Å². The predicted octanol–water partition coefficient (Wildman–Crippen LogP) is 5.89. The van der Waals surface area contributed by atoms with E-state index in [0.717, 1.165) is 37.8 Å². The second-order valence-electron chi connectivity index (χ2n) is 26.3. The maximum Gasteiger partial charge on any atom is 0.312 e. The number of carbonyl (C=O) groups is 9. The monoisotopic (exact) mass is 1240 g/mol. The van der Waals surface area contributed by atoms with Crippen molar-refractivity contribution in [2.24, 2.45) is 47.2 Å². The second-order valence-corrected chi connectivity index (χ2v) is 26.3. The summed E-state index contributed by atoms with van der Waals surface area (Å²) in [5.74, 6) is -2.85. The molecule has 0 aromatic heterocycles. The number of Topliss-reactive ketones (excluding diaryl/α,β-unsaturated/α-hetero) is 2. The maximum atomic E-state index is 14.5. The number of hydrogen-bond donors (Lipinski definition) is 7. The topological polar surface area (TPSA) is 283 Å². The number of nitrogens with two attached hydrogens (primary N) is 1. The van der Waals surface area contributed by atoms with Gasteiger partial charge in [0.2, 0.25) is 35.4 Å². The Labute approximate surface area is 527 Å². The van der Waals surface area contributed by atoms with Gasteiger partial charge in [-0.15, -0.1) is 0 Å². The molecule has 0 bridgehead atoms. The number of urea groups is 1. The molecule has 22 nitrogen and oxygen atoms in total. The molecule has 0 spiro atoms. The largest absolute Gasteiger partial charge is 0.379 e. The van der Waals surface area contributed by atoms with E-state index in [-0.39, 0.29) is 141 Å². The van der Waals surface area contributed by atoms with Crippen LogP contribution in [0.4, 0.5) is 10.5 Å². The first-order chi connectivity index (χ1) is 41.5. The second kappa shape index (κ2) is 38.2. The number of ketones is 2. The first kappa shape index (κ1) is 76.7. The van der Waals surface area contributed by atoms with E-state index in [1.54, 1.807) is 57.4 Å². The molecule has 0 radical (unpaired) electrons. The minimum atomic E-state index is -0.817. The van der Waals surface area contributed by atoms with E-state index in [2.05, 4.69) is 97.3 Å². The van der Waals surface area contributed by atoms with Crippen molar-refractivity contribution in [1.29, 1.82) is 0 Å². The van der Waals surface area contributed by atoms with Gasteiger partial charge in [0, 0.05) is 115 Å². The lowest BCUT2D eigenvalue weighted by atomic mass is 9.88. The Balaban J connectivity index is 1.59. The van der Waals surface area contributed by atoms with E-state index in [1.807, 2.05) is 39.6 Å². The first-order valence-corrected chi connectivity index (χ1v) is 32.6. The van der Waals surface area contributed by atoms with Gasteiger partial charge in [-0.2, -0.15) is 0 Å². The van der Waals surface area contributed by atoms with Crippen molar-refractivity contribution in [3.05, 3.63) is 29.8 Å². The van der Waals surface area contributed by atoms with Gasteiger partial charge in [-0.05, 0) is 127 Å². The number of benzene rings is 1. The fourth-order valence-corrected chi connectivity index (χ4v) is 13.4. The van der Waals surface area contributed by atoms with Crippen LogP contribution in [0.3, 0.4) is 0 Å². The van der Waals surface area contributed by atoms with Crippen molar-refractivity contribution < 1.29 is 52.6 Å². The van der Waals surface area contributed by atoms with Crippen LogP contribution in [0.2, 0.25) is 0 Å². The maximum absolute atomic E-state index is 14.5. The lowest BCUT2D eigenvalue weighted by molar-refractivity contribution is -0.147. The molecule has 2 aliphatic heterocycles. The average Bonchev–Trinajstić information content (AvgIpc) is 4.03. The lowest BCUT2D eigenvalue weighted by Crippen LogP contribution is -2.60. The highest BCUT2D eigenvalue weighted by molar-refractivity contribution is 5.97. The van der Waals surface area contributed by atoms with Crippen molar-refractivity contribution in [2.75, 3.05) is 73.9 Å². The van der Waals surface area contributed by atoms with Gasteiger partial charge in [0.05, 0.1) is 42.8 Å². The van der Waals surface area contributed by atoms with Crippen LogP contribution in [0.15, 0.2) is 24.3 Å². The number of nitrogens with zero attached hydrogens (tertiary/aromatic N) is 4. The van der Waals surface area contributed by atoms with Crippen molar-refractivity contribution in [1.82, 2.24) is 46.2 Å². The molecular weight excluding hydrogens is 1120 g/mol. The number of likely N-dealkylation sites (N-methyl/N-ethyl adjacent to an activating group) is 2. The molecule has 500 valence electrons. The first-order valence-electron chi connectivity index (χ1n) is 32.6. The minimum Gasteiger partial charge on any atom is -0.379 e. The molecule has 8 amide bonds. The number of amides is 8. The quantitative estimate of drug-likeness (QED) is 0.0379. The van der Waals surface area contributed by atoms with Gasteiger partial charge in [0.1, 0.15) is 5.78 Å². The number of likely N-dealkylation sites (tertiary alicyclic amines) is 2. The number of hydrogen-bond acceptors (Lipinski definition) is 14. The number of methoxy groups -OCH3 is 2. The Morgan fingerprint density at radius 3 is 1.97 bits per heavy atom. The number of nitrogens with one attached hydrogen (secondary N) is 6. The van der Waals surface area contributed by atoms with Crippen LogP contribution < -0.4 is 37.6 Å². The molecule has 0 saturated carbocycles. The zero-order chi connectivity index (χ0) is 66.1. The van der Waals surface area contributed by atoms with Gasteiger partial charge in [-0.3, -0.25) is 38.4 Å². The number of piperidine rings is 1. The molecule has 3 rings (SSSR count). The van der Waals surface area contributed by atoms with Crippen LogP contribution in [0.25, 0.3) is 0 Å². The van der Waals surface area contributed by atoms with E-state index >= 15 is 0 Å². The van der Waals surface area contributed by atoms with Crippen molar-refractivity contribution >= 4 is 58.7 Å². The predicted molar refractivity (Wildman–Crippen MR) is 345 cm³/mol. The van der Waals surface area contributed by atoms with Gasteiger partial charge in [-0.25, -0.2) is 4.79 Å². The normalized spacial score (nSPS) is 19.8. The fourth-order valence-electron chi connectivity index (χ4n) is 13.4. The molecule has 3 unspecified atom stereocenters. The Morgan fingerprint density at radius 1 is 0.750 bits per heavy atom. The Bertz CT molecular complexity index is 2380. The number of rotatable bonds is 39. The third-order valence-electron chi connectivity index (χ3n) is 18.5. The molecule has 88 heavy (non-hydrogen) atoms. The van der Waals surface area contributed by atoms with E-state index in [1.165, 1.54) is 0 Å². The zero-order valence-corrected chi connectivity index (χ0v) is 56.6. The van der Waals surface area contributed by atoms with Gasteiger partial charge in [0.15, 0.2) is 5.78 Å². The van der Waals surface area contributed by atoms with Crippen LogP contribution in [0, 0.1) is 41.4 Å². The van der Waals surface area contributed by atoms with Gasteiger partial charge in [-0.1, -0.05) is 80.9 Å². The van der Waals surface area contributed by atoms with Crippen molar-refractivity contribution in [3.63, 3.8) is 0 Å². The van der Waals surface area contributed by atoms with Crippen LogP contribution in [-0.2, 0) is 54.4 Å². The average molecular weight is 1240 g/mol. The molecule has 2 fully saturated rings. The molecule has 1 aromatic carbocycles. The summed E-state index contributed by atoms with van der Waals surface area (Å²) in [6.45, 7) is 24.6. The molecule has 1 aromatic rings.